The van der Waals surface area contributed by atoms with Crippen LogP contribution in [0.5, 0.6) is 0 Å². The molecule has 1 saturated carbocycles. The van der Waals surface area contributed by atoms with Crippen LogP contribution in [0.15, 0.2) is 36.6 Å². The zero-order chi connectivity index (χ0) is 14.9. The number of nitrogens with zero attached hydrogens (tertiary/aromatic N) is 1. The summed E-state index contributed by atoms with van der Waals surface area (Å²) in [5.74, 6) is 1.60. The molecule has 1 aromatic carbocycles. The maximum atomic E-state index is 8.85. The number of hydrogen-bond acceptors (Lipinski definition) is 2. The third-order valence-corrected chi connectivity index (χ3v) is 4.57. The van der Waals surface area contributed by atoms with Crippen LogP contribution in [0, 0.1) is 17.2 Å². The molecule has 2 heteroatoms. The van der Waals surface area contributed by atoms with Gasteiger partial charge in [0.2, 0.25) is 0 Å². The van der Waals surface area contributed by atoms with E-state index in [0.29, 0.717) is 5.92 Å². The number of methoxy groups -OCH3 is 1. The van der Waals surface area contributed by atoms with E-state index in [1.807, 2.05) is 12.1 Å². The van der Waals surface area contributed by atoms with Gasteiger partial charge in [0.15, 0.2) is 0 Å². The molecule has 0 bridgehead atoms. The fraction of sp³-hybridized carbons (Fsp3) is 0.526. The molecule has 1 aromatic rings. The van der Waals surface area contributed by atoms with Crippen molar-refractivity contribution in [2.24, 2.45) is 5.92 Å². The van der Waals surface area contributed by atoms with E-state index in [1.54, 1.807) is 13.4 Å². The van der Waals surface area contributed by atoms with Crippen molar-refractivity contribution in [2.75, 3.05) is 7.11 Å². The highest BCUT2D eigenvalue weighted by molar-refractivity contribution is 5.33. The second-order valence-corrected chi connectivity index (χ2v) is 5.99. The predicted octanol–water partition coefficient (Wildman–Crippen LogP) is 5.16. The summed E-state index contributed by atoms with van der Waals surface area (Å²) in [6.07, 6.45) is 12.9. The SMILES string of the molecule is COC=CCCCC1CCC(c2ccc(C#N)cc2)CC1. The van der Waals surface area contributed by atoms with Gasteiger partial charge in [-0.15, -0.1) is 0 Å². The zero-order valence-corrected chi connectivity index (χ0v) is 12.9. The van der Waals surface area contributed by atoms with Crippen LogP contribution in [0.1, 0.15) is 62.0 Å². The summed E-state index contributed by atoms with van der Waals surface area (Å²) in [7, 11) is 1.70. The molecule has 1 fully saturated rings. The van der Waals surface area contributed by atoms with Crippen molar-refractivity contribution < 1.29 is 4.74 Å². The molecule has 1 aliphatic rings. The van der Waals surface area contributed by atoms with Gasteiger partial charge in [-0.3, -0.25) is 0 Å². The Morgan fingerprint density at radius 1 is 1.19 bits per heavy atom. The summed E-state index contributed by atoms with van der Waals surface area (Å²) in [6.45, 7) is 0. The molecule has 0 aliphatic heterocycles. The molecule has 112 valence electrons. The summed E-state index contributed by atoms with van der Waals surface area (Å²) in [6, 6.07) is 10.4. The standard InChI is InChI=1S/C19H25NO/c1-21-14-4-2-3-5-16-6-10-18(11-7-16)19-12-8-17(15-20)9-13-19/h4,8-9,12-14,16,18H,2-3,5-7,10-11H2,1H3. The number of rotatable bonds is 6. The van der Waals surface area contributed by atoms with Crippen molar-refractivity contribution in [2.45, 2.75) is 50.9 Å². The molecule has 0 radical (unpaired) electrons. The van der Waals surface area contributed by atoms with Crippen molar-refractivity contribution >= 4 is 0 Å². The third kappa shape index (κ3) is 4.93. The van der Waals surface area contributed by atoms with Crippen LogP contribution < -0.4 is 0 Å². The van der Waals surface area contributed by atoms with Gasteiger partial charge in [-0.1, -0.05) is 18.6 Å². The Labute approximate surface area is 128 Å². The van der Waals surface area contributed by atoms with Gasteiger partial charge in [-0.25, -0.2) is 0 Å². The average Bonchev–Trinajstić information content (AvgIpc) is 2.55. The molecule has 0 spiro atoms. The number of benzene rings is 1. The monoisotopic (exact) mass is 283 g/mol. The molecule has 2 rings (SSSR count). The van der Waals surface area contributed by atoms with E-state index in [4.69, 9.17) is 10.00 Å². The first-order valence-electron chi connectivity index (χ1n) is 8.01. The van der Waals surface area contributed by atoms with Crippen molar-refractivity contribution in [3.63, 3.8) is 0 Å². The molecule has 1 aliphatic carbocycles. The number of hydrogen-bond donors (Lipinski definition) is 0. The minimum Gasteiger partial charge on any atom is -0.505 e. The molecule has 21 heavy (non-hydrogen) atoms. The van der Waals surface area contributed by atoms with Crippen LogP contribution in [0.3, 0.4) is 0 Å². The van der Waals surface area contributed by atoms with Crippen LogP contribution in [-0.4, -0.2) is 7.11 Å². The van der Waals surface area contributed by atoms with Crippen molar-refractivity contribution in [3.05, 3.63) is 47.7 Å². The Morgan fingerprint density at radius 3 is 2.52 bits per heavy atom. The lowest BCUT2D eigenvalue weighted by Gasteiger charge is -2.28. The number of unbranched alkanes of at least 4 members (excludes halogenated alkanes) is 1. The number of nitriles is 1. The van der Waals surface area contributed by atoms with E-state index >= 15 is 0 Å². The fourth-order valence-corrected chi connectivity index (χ4v) is 3.30. The van der Waals surface area contributed by atoms with E-state index in [2.05, 4.69) is 24.3 Å². The minimum absolute atomic E-state index is 0.697. The first-order chi connectivity index (χ1) is 10.3. The molecule has 0 N–H and O–H groups in total. The van der Waals surface area contributed by atoms with E-state index in [1.165, 1.54) is 44.1 Å². The van der Waals surface area contributed by atoms with Gasteiger partial charge in [0.05, 0.1) is 25.0 Å². The van der Waals surface area contributed by atoms with Gasteiger partial charge in [0.1, 0.15) is 0 Å². The molecule has 0 amide bonds. The molecule has 0 aromatic heterocycles. The summed E-state index contributed by atoms with van der Waals surface area (Å²) in [5, 5.41) is 8.85. The smallest absolute Gasteiger partial charge is 0.0991 e. The highest BCUT2D eigenvalue weighted by Crippen LogP contribution is 2.37. The Balaban J connectivity index is 1.72. The van der Waals surface area contributed by atoms with Crippen molar-refractivity contribution in [1.82, 2.24) is 0 Å². The van der Waals surface area contributed by atoms with Gasteiger partial charge < -0.3 is 4.74 Å². The van der Waals surface area contributed by atoms with Crippen LogP contribution in [0.4, 0.5) is 0 Å². The first-order valence-corrected chi connectivity index (χ1v) is 8.01. The van der Waals surface area contributed by atoms with Crippen LogP contribution in [-0.2, 0) is 4.74 Å². The Hall–Kier alpha value is -1.75. The molecular formula is C19H25NO. The van der Waals surface area contributed by atoms with E-state index in [0.717, 1.165) is 17.9 Å². The maximum Gasteiger partial charge on any atom is 0.0991 e. The average molecular weight is 283 g/mol. The van der Waals surface area contributed by atoms with Gasteiger partial charge >= 0.3 is 0 Å². The second-order valence-electron chi connectivity index (χ2n) is 5.99. The quantitative estimate of drug-likeness (QED) is 0.533. The molecule has 0 unspecified atom stereocenters. The number of ether oxygens (including phenoxy) is 1. The topological polar surface area (TPSA) is 33.0 Å². The van der Waals surface area contributed by atoms with E-state index in [9.17, 15) is 0 Å². The summed E-state index contributed by atoms with van der Waals surface area (Å²) in [4.78, 5) is 0. The van der Waals surface area contributed by atoms with Crippen LogP contribution >= 0.6 is 0 Å². The van der Waals surface area contributed by atoms with Crippen molar-refractivity contribution in [3.8, 4) is 6.07 Å². The van der Waals surface area contributed by atoms with Gasteiger partial charge in [-0.2, -0.15) is 5.26 Å². The Kier molecular flexibility index (Phi) is 6.34. The zero-order valence-electron chi connectivity index (χ0n) is 12.9. The molecular weight excluding hydrogens is 258 g/mol. The highest BCUT2D eigenvalue weighted by Gasteiger charge is 2.21. The maximum absolute atomic E-state index is 8.85. The fourth-order valence-electron chi connectivity index (χ4n) is 3.30. The number of allylic oxidation sites excluding steroid dienone is 1. The molecule has 2 nitrogen and oxygen atoms in total. The molecule has 0 atom stereocenters. The van der Waals surface area contributed by atoms with Gasteiger partial charge in [0.25, 0.3) is 0 Å². The van der Waals surface area contributed by atoms with Crippen molar-refractivity contribution in [1.29, 1.82) is 5.26 Å². The summed E-state index contributed by atoms with van der Waals surface area (Å²) in [5.41, 5.74) is 2.17. The highest BCUT2D eigenvalue weighted by atomic mass is 16.5. The normalized spacial score (nSPS) is 22.1. The lowest BCUT2D eigenvalue weighted by molar-refractivity contribution is 0.304. The largest absolute Gasteiger partial charge is 0.505 e. The van der Waals surface area contributed by atoms with E-state index in [-0.39, 0.29) is 0 Å². The summed E-state index contributed by atoms with van der Waals surface area (Å²) < 4.78 is 4.91. The molecule has 0 heterocycles. The van der Waals surface area contributed by atoms with E-state index < -0.39 is 0 Å². The van der Waals surface area contributed by atoms with Gasteiger partial charge in [-0.05, 0) is 74.1 Å². The lowest BCUT2D eigenvalue weighted by atomic mass is 9.77. The first kappa shape index (κ1) is 15.6. The second kappa shape index (κ2) is 8.52. The Morgan fingerprint density at radius 2 is 1.90 bits per heavy atom. The van der Waals surface area contributed by atoms with Crippen LogP contribution in [0.2, 0.25) is 0 Å². The third-order valence-electron chi connectivity index (χ3n) is 4.57. The van der Waals surface area contributed by atoms with Crippen LogP contribution in [0.25, 0.3) is 0 Å². The van der Waals surface area contributed by atoms with Gasteiger partial charge in [0, 0.05) is 0 Å². The summed E-state index contributed by atoms with van der Waals surface area (Å²) >= 11 is 0. The molecule has 0 saturated heterocycles. The predicted molar refractivity (Wildman–Crippen MR) is 85.9 cm³/mol. The lowest BCUT2D eigenvalue weighted by Crippen LogP contribution is -2.13. The Bertz CT molecular complexity index is 475. The minimum atomic E-state index is 0.697.